The molecule has 0 saturated carbocycles. The van der Waals surface area contributed by atoms with Crippen molar-refractivity contribution in [2.24, 2.45) is 0 Å². The van der Waals surface area contributed by atoms with E-state index in [1.54, 1.807) is 13.8 Å². The van der Waals surface area contributed by atoms with Gasteiger partial charge in [-0.2, -0.15) is 0 Å². The highest BCUT2D eigenvalue weighted by atomic mass is 16.5. The lowest BCUT2D eigenvalue weighted by atomic mass is 10.1. The summed E-state index contributed by atoms with van der Waals surface area (Å²) in [5.74, 6) is -0.297. The molecule has 0 aromatic heterocycles. The Morgan fingerprint density at radius 2 is 1.74 bits per heavy atom. The fraction of sp³-hybridized carbons (Fsp3) is 0.714. The Hall–Kier alpha value is -1.20. The number of hydrogen-bond donors (Lipinski definition) is 1. The molecule has 1 saturated heterocycles. The van der Waals surface area contributed by atoms with Crippen molar-refractivity contribution in [1.29, 1.82) is 0 Å². The van der Waals surface area contributed by atoms with Gasteiger partial charge >= 0.3 is 0 Å². The summed E-state index contributed by atoms with van der Waals surface area (Å²) in [6.07, 6.45) is 3.12. The van der Waals surface area contributed by atoms with Crippen LogP contribution in [0.4, 0.5) is 0 Å². The largest absolute Gasteiger partial charge is 0.378 e. The van der Waals surface area contributed by atoms with E-state index < -0.39 is 0 Å². The summed E-state index contributed by atoms with van der Waals surface area (Å²) in [4.78, 5) is 25.0. The van der Waals surface area contributed by atoms with E-state index >= 15 is 0 Å². The Morgan fingerprint density at radius 1 is 1.16 bits per heavy atom. The number of nitrogens with one attached hydrogen (secondary N) is 1. The zero-order chi connectivity index (χ0) is 13.8. The number of piperidine rings is 1. The van der Waals surface area contributed by atoms with Gasteiger partial charge in [0.1, 0.15) is 0 Å². The molecule has 1 fully saturated rings. The third kappa shape index (κ3) is 3.22. The molecule has 2 aliphatic heterocycles. The standard InChI is InChI=1S/C14H22N2O3/c1-10-11(2)14(18)16(13(10)17)8-3-9-19-12-4-6-15-7-5-12/h12,15H,3-9H2,1-2H3. The molecule has 0 spiro atoms. The molecule has 0 bridgehead atoms. The van der Waals surface area contributed by atoms with Crippen LogP contribution in [0.5, 0.6) is 0 Å². The van der Waals surface area contributed by atoms with E-state index in [4.69, 9.17) is 4.74 Å². The Kier molecular flexibility index (Phi) is 4.71. The van der Waals surface area contributed by atoms with E-state index in [1.807, 2.05) is 0 Å². The quantitative estimate of drug-likeness (QED) is 0.592. The molecular weight excluding hydrogens is 244 g/mol. The molecule has 2 amide bonds. The molecule has 106 valence electrons. The van der Waals surface area contributed by atoms with E-state index in [-0.39, 0.29) is 11.8 Å². The van der Waals surface area contributed by atoms with Crippen LogP contribution in [0.1, 0.15) is 33.1 Å². The zero-order valence-electron chi connectivity index (χ0n) is 11.7. The van der Waals surface area contributed by atoms with E-state index in [0.29, 0.717) is 36.8 Å². The predicted octanol–water partition coefficient (Wildman–Crippen LogP) is 0.850. The van der Waals surface area contributed by atoms with Crippen LogP contribution in [0, 0.1) is 0 Å². The molecule has 2 heterocycles. The van der Waals surface area contributed by atoms with Crippen molar-refractivity contribution >= 4 is 11.8 Å². The van der Waals surface area contributed by atoms with Crippen molar-refractivity contribution in [2.75, 3.05) is 26.2 Å². The van der Waals surface area contributed by atoms with Crippen molar-refractivity contribution in [3.05, 3.63) is 11.1 Å². The lowest BCUT2D eigenvalue weighted by molar-refractivity contribution is -0.137. The Bertz CT molecular complexity index is 373. The van der Waals surface area contributed by atoms with Crippen molar-refractivity contribution < 1.29 is 14.3 Å². The third-order valence-electron chi connectivity index (χ3n) is 3.86. The smallest absolute Gasteiger partial charge is 0.256 e. The summed E-state index contributed by atoms with van der Waals surface area (Å²) in [5, 5.41) is 3.29. The van der Waals surface area contributed by atoms with Crippen molar-refractivity contribution in [3.8, 4) is 0 Å². The molecule has 2 rings (SSSR count). The minimum absolute atomic E-state index is 0.149. The maximum absolute atomic E-state index is 11.8. The predicted molar refractivity (Wildman–Crippen MR) is 71.6 cm³/mol. The topological polar surface area (TPSA) is 58.6 Å². The maximum atomic E-state index is 11.8. The van der Waals surface area contributed by atoms with E-state index in [0.717, 1.165) is 25.9 Å². The molecule has 0 aliphatic carbocycles. The monoisotopic (exact) mass is 266 g/mol. The van der Waals surface area contributed by atoms with Gasteiger partial charge in [-0.25, -0.2) is 0 Å². The van der Waals surface area contributed by atoms with Gasteiger partial charge in [-0.05, 0) is 46.2 Å². The highest BCUT2D eigenvalue weighted by Gasteiger charge is 2.32. The summed E-state index contributed by atoms with van der Waals surface area (Å²) in [5.41, 5.74) is 1.15. The second-order valence-corrected chi connectivity index (χ2v) is 5.19. The summed E-state index contributed by atoms with van der Waals surface area (Å²) < 4.78 is 5.76. The summed E-state index contributed by atoms with van der Waals surface area (Å²) in [6, 6.07) is 0. The maximum Gasteiger partial charge on any atom is 0.256 e. The van der Waals surface area contributed by atoms with Gasteiger partial charge < -0.3 is 10.1 Å². The molecule has 19 heavy (non-hydrogen) atoms. The zero-order valence-corrected chi connectivity index (χ0v) is 11.7. The number of ether oxygens (including phenoxy) is 1. The number of amides is 2. The fourth-order valence-corrected chi connectivity index (χ4v) is 2.46. The van der Waals surface area contributed by atoms with Gasteiger partial charge in [0.2, 0.25) is 0 Å². The molecule has 0 aromatic rings. The van der Waals surface area contributed by atoms with Gasteiger partial charge in [0.25, 0.3) is 11.8 Å². The van der Waals surface area contributed by atoms with Crippen LogP contribution in [0.15, 0.2) is 11.1 Å². The number of imide groups is 1. The number of rotatable bonds is 5. The molecular formula is C14H22N2O3. The highest BCUT2D eigenvalue weighted by molar-refractivity contribution is 6.18. The minimum atomic E-state index is -0.149. The number of carbonyl (C=O) groups is 2. The molecule has 1 N–H and O–H groups in total. The average molecular weight is 266 g/mol. The molecule has 5 nitrogen and oxygen atoms in total. The molecule has 0 atom stereocenters. The molecule has 5 heteroatoms. The van der Waals surface area contributed by atoms with Gasteiger partial charge in [0.15, 0.2) is 0 Å². The van der Waals surface area contributed by atoms with Crippen molar-refractivity contribution in [1.82, 2.24) is 10.2 Å². The Balaban J connectivity index is 1.69. The SMILES string of the molecule is CC1=C(C)C(=O)N(CCCOC2CCNCC2)C1=O. The average Bonchev–Trinajstić information content (AvgIpc) is 2.62. The Labute approximate surface area is 114 Å². The highest BCUT2D eigenvalue weighted by Crippen LogP contribution is 2.19. The van der Waals surface area contributed by atoms with E-state index in [9.17, 15) is 9.59 Å². The summed E-state index contributed by atoms with van der Waals surface area (Å²) in [7, 11) is 0. The van der Waals surface area contributed by atoms with Crippen LogP contribution >= 0.6 is 0 Å². The number of hydrogen-bond acceptors (Lipinski definition) is 4. The van der Waals surface area contributed by atoms with Crippen molar-refractivity contribution in [3.63, 3.8) is 0 Å². The molecule has 2 aliphatic rings. The number of carbonyl (C=O) groups excluding carboxylic acids is 2. The second kappa shape index (κ2) is 6.30. The normalized spacial score (nSPS) is 21.7. The molecule has 0 radical (unpaired) electrons. The molecule has 0 unspecified atom stereocenters. The van der Waals surface area contributed by atoms with Gasteiger partial charge in [-0.15, -0.1) is 0 Å². The Morgan fingerprint density at radius 3 is 2.32 bits per heavy atom. The van der Waals surface area contributed by atoms with E-state index in [1.165, 1.54) is 4.90 Å². The first kappa shape index (κ1) is 14.2. The minimum Gasteiger partial charge on any atom is -0.378 e. The second-order valence-electron chi connectivity index (χ2n) is 5.19. The van der Waals surface area contributed by atoms with Crippen molar-refractivity contribution in [2.45, 2.75) is 39.2 Å². The van der Waals surface area contributed by atoms with Crippen LogP contribution in [0.25, 0.3) is 0 Å². The first-order valence-electron chi connectivity index (χ1n) is 6.97. The first-order valence-corrected chi connectivity index (χ1v) is 6.97. The lowest BCUT2D eigenvalue weighted by Crippen LogP contribution is -2.34. The summed E-state index contributed by atoms with van der Waals surface area (Å²) in [6.45, 7) is 6.51. The van der Waals surface area contributed by atoms with Crippen LogP contribution in [0.3, 0.4) is 0 Å². The van der Waals surface area contributed by atoms with Gasteiger partial charge in [0.05, 0.1) is 6.10 Å². The molecule has 0 aromatic carbocycles. The first-order chi connectivity index (χ1) is 9.11. The number of nitrogens with zero attached hydrogens (tertiary/aromatic N) is 1. The van der Waals surface area contributed by atoms with Crippen LogP contribution in [-0.2, 0) is 14.3 Å². The van der Waals surface area contributed by atoms with Crippen LogP contribution < -0.4 is 5.32 Å². The van der Waals surface area contributed by atoms with E-state index in [2.05, 4.69) is 5.32 Å². The lowest BCUT2D eigenvalue weighted by Gasteiger charge is -2.23. The van der Waals surface area contributed by atoms with Crippen LogP contribution in [0.2, 0.25) is 0 Å². The third-order valence-corrected chi connectivity index (χ3v) is 3.86. The van der Waals surface area contributed by atoms with Gasteiger partial charge in [-0.3, -0.25) is 14.5 Å². The van der Waals surface area contributed by atoms with Gasteiger partial charge in [0, 0.05) is 24.3 Å². The van der Waals surface area contributed by atoms with Gasteiger partial charge in [-0.1, -0.05) is 0 Å². The fourth-order valence-electron chi connectivity index (χ4n) is 2.46. The van der Waals surface area contributed by atoms with Crippen LogP contribution in [-0.4, -0.2) is 49.1 Å². The summed E-state index contributed by atoms with van der Waals surface area (Å²) >= 11 is 0.